The predicted molar refractivity (Wildman–Crippen MR) is 101 cm³/mol. The molecule has 0 spiro atoms. The fourth-order valence-corrected chi connectivity index (χ4v) is 2.58. The van der Waals surface area contributed by atoms with E-state index in [1.165, 1.54) is 11.1 Å². The van der Waals surface area contributed by atoms with Crippen molar-refractivity contribution in [1.82, 2.24) is 4.90 Å². The maximum absolute atomic E-state index is 9.61. The van der Waals surface area contributed by atoms with Crippen molar-refractivity contribution in [2.24, 2.45) is 0 Å². The molecule has 0 amide bonds. The summed E-state index contributed by atoms with van der Waals surface area (Å²) in [5.74, 6) is 0.355. The number of rotatable bonds is 7. The molecule has 1 aromatic rings. The molecule has 126 valence electrons. The summed E-state index contributed by atoms with van der Waals surface area (Å²) in [6.45, 7) is 9.10. The third kappa shape index (κ3) is 7.06. The number of hydrogen-bond donors (Lipinski definition) is 1. The summed E-state index contributed by atoms with van der Waals surface area (Å²) in [7, 11) is 2.13. The van der Waals surface area contributed by atoms with Gasteiger partial charge in [-0.3, -0.25) is 4.90 Å². The van der Waals surface area contributed by atoms with E-state index < -0.39 is 0 Å². The zero-order chi connectivity index (χ0) is 17.4. The number of aryl methyl sites for hydroxylation is 1. The number of phenolic OH excluding ortho intramolecular Hbond substituents is 1. The van der Waals surface area contributed by atoms with E-state index in [1.807, 2.05) is 44.2 Å². The van der Waals surface area contributed by atoms with Crippen molar-refractivity contribution in [3.8, 4) is 5.75 Å². The molecule has 1 aromatic carbocycles. The van der Waals surface area contributed by atoms with E-state index in [9.17, 15) is 5.11 Å². The van der Waals surface area contributed by atoms with E-state index in [1.54, 1.807) is 6.07 Å². The molecule has 1 rings (SSSR count). The van der Waals surface area contributed by atoms with Crippen LogP contribution in [0.3, 0.4) is 0 Å². The highest BCUT2D eigenvalue weighted by Gasteiger charge is 2.10. The van der Waals surface area contributed by atoms with Gasteiger partial charge in [-0.25, -0.2) is 0 Å². The van der Waals surface area contributed by atoms with Crippen LogP contribution >= 0.6 is 11.6 Å². The van der Waals surface area contributed by atoms with Gasteiger partial charge >= 0.3 is 0 Å². The van der Waals surface area contributed by atoms with Gasteiger partial charge in [-0.2, -0.15) is 0 Å². The number of phenols is 1. The quantitative estimate of drug-likeness (QED) is 0.661. The summed E-state index contributed by atoms with van der Waals surface area (Å²) in [4.78, 5) is 2.32. The minimum Gasteiger partial charge on any atom is -0.508 e. The Hall–Kier alpha value is -1.51. The van der Waals surface area contributed by atoms with Crippen molar-refractivity contribution in [3.63, 3.8) is 0 Å². The number of benzene rings is 1. The third-order valence-corrected chi connectivity index (χ3v) is 4.17. The molecule has 0 saturated heterocycles. The Morgan fingerprint density at radius 3 is 2.65 bits per heavy atom. The number of aromatic hydroxyl groups is 1. The SMILES string of the molecule is C\C=C/C(Cl)=C\C=C(/C)CC(C)N(C)Cc1ccc(O)c(C)c1. The van der Waals surface area contributed by atoms with Gasteiger partial charge < -0.3 is 5.11 Å². The lowest BCUT2D eigenvalue weighted by Gasteiger charge is -2.25. The van der Waals surface area contributed by atoms with Crippen molar-refractivity contribution in [2.75, 3.05) is 7.05 Å². The molecule has 1 N–H and O–H groups in total. The molecule has 0 aliphatic carbocycles. The average Bonchev–Trinajstić information content (AvgIpc) is 2.49. The fraction of sp³-hybridized carbons (Fsp3) is 0.400. The minimum absolute atomic E-state index is 0.355. The smallest absolute Gasteiger partial charge is 0.118 e. The van der Waals surface area contributed by atoms with Gasteiger partial charge in [0.2, 0.25) is 0 Å². The molecule has 0 radical (unpaired) electrons. The molecular formula is C20H28ClNO. The first-order valence-corrected chi connectivity index (χ1v) is 8.35. The van der Waals surface area contributed by atoms with Crippen molar-refractivity contribution in [2.45, 2.75) is 46.7 Å². The largest absolute Gasteiger partial charge is 0.508 e. The van der Waals surface area contributed by atoms with Crippen LogP contribution in [0.5, 0.6) is 5.75 Å². The summed E-state index contributed by atoms with van der Waals surface area (Å²) in [6, 6.07) is 6.21. The van der Waals surface area contributed by atoms with Crippen molar-refractivity contribution < 1.29 is 5.11 Å². The van der Waals surface area contributed by atoms with E-state index in [4.69, 9.17) is 11.6 Å². The van der Waals surface area contributed by atoms with Crippen LogP contribution in [0.25, 0.3) is 0 Å². The Kier molecular flexibility index (Phi) is 8.15. The number of allylic oxidation sites excluding steroid dienone is 5. The Labute approximate surface area is 145 Å². The molecule has 0 aliphatic heterocycles. The van der Waals surface area contributed by atoms with Crippen LogP contribution in [0, 0.1) is 6.92 Å². The summed E-state index contributed by atoms with van der Waals surface area (Å²) < 4.78 is 0. The molecule has 0 aromatic heterocycles. The lowest BCUT2D eigenvalue weighted by atomic mass is 10.1. The van der Waals surface area contributed by atoms with Gasteiger partial charge in [0.05, 0.1) is 0 Å². The molecule has 1 unspecified atom stereocenters. The topological polar surface area (TPSA) is 23.5 Å². The normalized spacial score (nSPS) is 14.7. The molecule has 3 heteroatoms. The fourth-order valence-electron chi connectivity index (χ4n) is 2.39. The van der Waals surface area contributed by atoms with Gasteiger partial charge in [0, 0.05) is 17.6 Å². The Morgan fingerprint density at radius 2 is 2.04 bits per heavy atom. The zero-order valence-electron chi connectivity index (χ0n) is 14.8. The first-order valence-electron chi connectivity index (χ1n) is 7.98. The molecule has 0 bridgehead atoms. The van der Waals surface area contributed by atoms with Crippen molar-refractivity contribution >= 4 is 11.6 Å². The van der Waals surface area contributed by atoms with E-state index in [2.05, 4.69) is 31.9 Å². The van der Waals surface area contributed by atoms with Crippen LogP contribution < -0.4 is 0 Å². The van der Waals surface area contributed by atoms with Crippen molar-refractivity contribution in [3.05, 3.63) is 64.2 Å². The average molecular weight is 334 g/mol. The monoisotopic (exact) mass is 333 g/mol. The molecular weight excluding hydrogens is 306 g/mol. The lowest BCUT2D eigenvalue weighted by Crippen LogP contribution is -2.28. The van der Waals surface area contributed by atoms with Gasteiger partial charge in [-0.15, -0.1) is 0 Å². The molecule has 0 fully saturated rings. The van der Waals surface area contributed by atoms with E-state index >= 15 is 0 Å². The zero-order valence-corrected chi connectivity index (χ0v) is 15.6. The first-order chi connectivity index (χ1) is 10.8. The highest BCUT2D eigenvalue weighted by atomic mass is 35.5. The van der Waals surface area contributed by atoms with Crippen LogP contribution in [0.4, 0.5) is 0 Å². The van der Waals surface area contributed by atoms with Crippen LogP contribution in [0.1, 0.15) is 38.3 Å². The first kappa shape index (κ1) is 19.5. The van der Waals surface area contributed by atoms with Crippen molar-refractivity contribution in [1.29, 1.82) is 0 Å². The van der Waals surface area contributed by atoms with Crippen LogP contribution in [-0.4, -0.2) is 23.1 Å². The second kappa shape index (κ2) is 9.59. The maximum Gasteiger partial charge on any atom is 0.118 e. The van der Waals surface area contributed by atoms with Gasteiger partial charge in [0.25, 0.3) is 0 Å². The molecule has 2 nitrogen and oxygen atoms in total. The molecule has 0 heterocycles. The second-order valence-electron chi connectivity index (χ2n) is 6.15. The Morgan fingerprint density at radius 1 is 1.35 bits per heavy atom. The van der Waals surface area contributed by atoms with E-state index in [0.717, 1.165) is 23.6 Å². The molecule has 1 atom stereocenters. The highest BCUT2D eigenvalue weighted by Crippen LogP contribution is 2.19. The highest BCUT2D eigenvalue weighted by molar-refractivity contribution is 6.31. The Balaban J connectivity index is 2.62. The molecule has 0 aliphatic rings. The summed E-state index contributed by atoms with van der Waals surface area (Å²) in [6.07, 6.45) is 8.82. The lowest BCUT2D eigenvalue weighted by molar-refractivity contribution is 0.247. The van der Waals surface area contributed by atoms with E-state index in [-0.39, 0.29) is 0 Å². The number of halogens is 1. The Bertz CT molecular complexity index is 602. The second-order valence-corrected chi connectivity index (χ2v) is 6.59. The molecule has 23 heavy (non-hydrogen) atoms. The van der Waals surface area contributed by atoms with E-state index in [0.29, 0.717) is 11.8 Å². The van der Waals surface area contributed by atoms with Gasteiger partial charge in [-0.05, 0) is 70.5 Å². The van der Waals surface area contributed by atoms with Crippen LogP contribution in [0.15, 0.2) is 53.1 Å². The van der Waals surface area contributed by atoms with Gasteiger partial charge in [0.1, 0.15) is 5.75 Å². The standard InChI is InChI=1S/C20H28ClNO/c1-6-7-19(21)10-8-15(2)12-17(4)22(5)14-18-9-11-20(23)16(3)13-18/h6-11,13,17,23H,12,14H2,1-5H3/b7-6-,15-8+,19-10+. The van der Waals surface area contributed by atoms with Crippen LogP contribution in [0.2, 0.25) is 0 Å². The third-order valence-electron chi connectivity index (χ3n) is 3.92. The minimum atomic E-state index is 0.355. The number of nitrogens with zero attached hydrogens (tertiary/aromatic N) is 1. The van der Waals surface area contributed by atoms with Crippen LogP contribution in [-0.2, 0) is 6.54 Å². The summed E-state index contributed by atoms with van der Waals surface area (Å²) in [5.41, 5.74) is 3.43. The maximum atomic E-state index is 9.61. The molecule has 0 saturated carbocycles. The van der Waals surface area contributed by atoms with Gasteiger partial charge in [-0.1, -0.05) is 41.5 Å². The summed E-state index contributed by atoms with van der Waals surface area (Å²) >= 11 is 6.06. The predicted octanol–water partition coefficient (Wildman–Crippen LogP) is 5.56. The van der Waals surface area contributed by atoms with Gasteiger partial charge in [0.15, 0.2) is 0 Å². The number of hydrogen-bond acceptors (Lipinski definition) is 2. The summed E-state index contributed by atoms with van der Waals surface area (Å²) in [5, 5.41) is 10.3.